The molecule has 5 nitrogen and oxygen atoms in total. The summed E-state index contributed by atoms with van der Waals surface area (Å²) in [6.07, 6.45) is 3.50. The van der Waals surface area contributed by atoms with Gasteiger partial charge in [0, 0.05) is 17.5 Å². The first-order valence-corrected chi connectivity index (χ1v) is 9.57. The Morgan fingerprint density at radius 2 is 2.04 bits per heavy atom. The summed E-state index contributed by atoms with van der Waals surface area (Å²) in [4.78, 5) is 26.6. The number of hydrogen-bond donors (Lipinski definition) is 2. The zero-order valence-electron chi connectivity index (χ0n) is 15.4. The molecule has 2 rings (SSSR count). The quantitative estimate of drug-likeness (QED) is 0.709. The molecular formula is C19H27ClFN3O2. The van der Waals surface area contributed by atoms with Crippen molar-refractivity contribution in [1.29, 1.82) is 0 Å². The molecule has 2 N–H and O–H groups in total. The predicted octanol–water partition coefficient (Wildman–Crippen LogP) is 3.43. The van der Waals surface area contributed by atoms with Crippen molar-refractivity contribution in [3.8, 4) is 0 Å². The fraction of sp³-hybridized carbons (Fsp3) is 0.579. The van der Waals surface area contributed by atoms with Crippen LogP contribution in [0.15, 0.2) is 18.2 Å². The van der Waals surface area contributed by atoms with Crippen LogP contribution >= 0.6 is 11.6 Å². The highest BCUT2D eigenvalue weighted by Gasteiger charge is 2.29. The summed E-state index contributed by atoms with van der Waals surface area (Å²) in [6.45, 7) is 5.95. The lowest BCUT2D eigenvalue weighted by molar-refractivity contribution is -0.127. The molecule has 26 heavy (non-hydrogen) atoms. The van der Waals surface area contributed by atoms with E-state index in [1.807, 2.05) is 4.90 Å². The largest absolute Gasteiger partial charge is 0.356 e. The van der Waals surface area contributed by atoms with Gasteiger partial charge in [0.25, 0.3) is 0 Å². The summed E-state index contributed by atoms with van der Waals surface area (Å²) < 4.78 is 13.8. The van der Waals surface area contributed by atoms with Gasteiger partial charge < -0.3 is 10.6 Å². The Morgan fingerprint density at radius 1 is 1.35 bits per heavy atom. The number of nitrogens with zero attached hydrogens (tertiary/aromatic N) is 1. The van der Waals surface area contributed by atoms with Crippen molar-refractivity contribution in [3.63, 3.8) is 0 Å². The van der Waals surface area contributed by atoms with Crippen LogP contribution in [0.3, 0.4) is 0 Å². The lowest BCUT2D eigenvalue weighted by Crippen LogP contribution is -2.48. The summed E-state index contributed by atoms with van der Waals surface area (Å²) in [5, 5.41) is 5.87. The first-order valence-electron chi connectivity index (χ1n) is 9.20. The normalized spacial score (nSPS) is 16.9. The van der Waals surface area contributed by atoms with Gasteiger partial charge in [-0.25, -0.2) is 4.39 Å². The van der Waals surface area contributed by atoms with Crippen molar-refractivity contribution >= 4 is 29.1 Å². The molecule has 0 unspecified atom stereocenters. The fourth-order valence-electron chi connectivity index (χ4n) is 3.08. The minimum Gasteiger partial charge on any atom is -0.356 e. The van der Waals surface area contributed by atoms with Crippen LogP contribution in [0.1, 0.15) is 39.5 Å². The number of unbranched alkanes of at least 4 members (excludes halogenated alkanes) is 1. The van der Waals surface area contributed by atoms with E-state index >= 15 is 0 Å². The van der Waals surface area contributed by atoms with Gasteiger partial charge in [0.05, 0.1) is 11.7 Å². The van der Waals surface area contributed by atoms with Gasteiger partial charge in [-0.05, 0) is 57.5 Å². The van der Waals surface area contributed by atoms with Gasteiger partial charge in [-0.15, -0.1) is 0 Å². The van der Waals surface area contributed by atoms with E-state index < -0.39 is 11.9 Å². The molecule has 0 aromatic heterocycles. The van der Waals surface area contributed by atoms with Gasteiger partial charge in [0.2, 0.25) is 11.8 Å². The highest BCUT2D eigenvalue weighted by atomic mass is 35.5. The Hall–Kier alpha value is -1.66. The average molecular weight is 384 g/mol. The Kier molecular flexibility index (Phi) is 7.85. The van der Waals surface area contributed by atoms with Crippen molar-refractivity contribution in [3.05, 3.63) is 29.0 Å². The lowest BCUT2D eigenvalue weighted by Gasteiger charge is -2.34. The summed E-state index contributed by atoms with van der Waals surface area (Å²) in [6, 6.07) is 3.77. The maximum absolute atomic E-state index is 13.8. The molecule has 1 aromatic carbocycles. The van der Waals surface area contributed by atoms with Crippen molar-refractivity contribution in [2.24, 2.45) is 5.92 Å². The van der Waals surface area contributed by atoms with E-state index in [4.69, 9.17) is 11.6 Å². The molecule has 1 fully saturated rings. The Bertz CT molecular complexity index is 633. The van der Waals surface area contributed by atoms with Crippen LogP contribution in [0.5, 0.6) is 0 Å². The molecule has 1 heterocycles. The summed E-state index contributed by atoms with van der Waals surface area (Å²) in [5.41, 5.74) is 0.122. The number of likely N-dealkylation sites (tertiary alicyclic amines) is 1. The first-order chi connectivity index (χ1) is 12.4. The molecule has 1 saturated heterocycles. The number of hydrogen-bond acceptors (Lipinski definition) is 3. The molecule has 0 spiro atoms. The van der Waals surface area contributed by atoms with Crippen LogP contribution in [-0.2, 0) is 9.59 Å². The topological polar surface area (TPSA) is 61.4 Å². The van der Waals surface area contributed by atoms with Crippen molar-refractivity contribution < 1.29 is 14.0 Å². The number of amides is 2. The minimum atomic E-state index is -0.555. The number of piperidine rings is 1. The van der Waals surface area contributed by atoms with Gasteiger partial charge in [0.1, 0.15) is 5.82 Å². The molecule has 0 saturated carbocycles. The Labute approximate surface area is 159 Å². The van der Waals surface area contributed by atoms with E-state index in [0.29, 0.717) is 13.1 Å². The third kappa shape index (κ3) is 5.68. The first kappa shape index (κ1) is 20.6. The Balaban J connectivity index is 1.82. The molecule has 2 amide bonds. The van der Waals surface area contributed by atoms with Crippen LogP contribution in [0.4, 0.5) is 10.1 Å². The molecule has 0 radical (unpaired) electrons. The second kappa shape index (κ2) is 9.88. The number of anilines is 1. The van der Waals surface area contributed by atoms with Gasteiger partial charge in [-0.3, -0.25) is 14.5 Å². The molecule has 0 aliphatic carbocycles. The van der Waals surface area contributed by atoms with E-state index in [0.717, 1.165) is 32.2 Å². The summed E-state index contributed by atoms with van der Waals surface area (Å²) in [5.74, 6) is -0.705. The smallest absolute Gasteiger partial charge is 0.241 e. The Morgan fingerprint density at radius 3 is 2.65 bits per heavy atom. The average Bonchev–Trinajstić information content (AvgIpc) is 2.63. The number of carbonyl (C=O) groups is 2. The third-order valence-electron chi connectivity index (χ3n) is 4.85. The predicted molar refractivity (Wildman–Crippen MR) is 102 cm³/mol. The van der Waals surface area contributed by atoms with E-state index in [1.165, 1.54) is 18.2 Å². The standard InChI is InChI=1S/C19H27ClFN3O2/c1-3-4-9-22-19(26)14-7-10-24(11-8-14)13(2)18(25)23-17-6-5-15(20)12-16(17)21/h5-6,12-14H,3-4,7-11H2,1-2H3,(H,22,26)(H,23,25)/t13-/m1/s1. The second-order valence-corrected chi connectivity index (χ2v) is 7.18. The molecule has 1 aliphatic heterocycles. The van der Waals surface area contributed by atoms with Gasteiger partial charge in [-0.2, -0.15) is 0 Å². The molecule has 1 atom stereocenters. The maximum atomic E-state index is 13.8. The van der Waals surface area contributed by atoms with Crippen LogP contribution in [0.2, 0.25) is 5.02 Å². The van der Waals surface area contributed by atoms with Crippen LogP contribution < -0.4 is 10.6 Å². The molecule has 144 valence electrons. The highest BCUT2D eigenvalue weighted by Crippen LogP contribution is 2.22. The summed E-state index contributed by atoms with van der Waals surface area (Å²) >= 11 is 5.72. The SMILES string of the molecule is CCCCNC(=O)C1CCN([C@H](C)C(=O)Nc2ccc(Cl)cc2F)CC1. The maximum Gasteiger partial charge on any atom is 0.241 e. The number of nitrogens with one attached hydrogen (secondary N) is 2. The zero-order valence-corrected chi connectivity index (χ0v) is 16.1. The van der Waals surface area contributed by atoms with E-state index in [1.54, 1.807) is 6.92 Å². The highest BCUT2D eigenvalue weighted by molar-refractivity contribution is 6.30. The van der Waals surface area contributed by atoms with E-state index in [9.17, 15) is 14.0 Å². The summed E-state index contributed by atoms with van der Waals surface area (Å²) in [7, 11) is 0. The molecule has 7 heteroatoms. The van der Waals surface area contributed by atoms with Gasteiger partial charge in [0.15, 0.2) is 0 Å². The monoisotopic (exact) mass is 383 g/mol. The number of halogens is 2. The molecular weight excluding hydrogens is 357 g/mol. The van der Waals surface area contributed by atoms with E-state index in [2.05, 4.69) is 17.6 Å². The van der Waals surface area contributed by atoms with Crippen LogP contribution in [-0.4, -0.2) is 42.4 Å². The fourth-order valence-corrected chi connectivity index (χ4v) is 3.23. The van der Waals surface area contributed by atoms with Gasteiger partial charge in [-0.1, -0.05) is 24.9 Å². The van der Waals surface area contributed by atoms with Crippen LogP contribution in [0.25, 0.3) is 0 Å². The van der Waals surface area contributed by atoms with Crippen LogP contribution in [0, 0.1) is 11.7 Å². The minimum absolute atomic E-state index is 0.00655. The molecule has 1 aliphatic rings. The van der Waals surface area contributed by atoms with Crippen molar-refractivity contribution in [2.75, 3.05) is 25.0 Å². The zero-order chi connectivity index (χ0) is 19.1. The van der Waals surface area contributed by atoms with Crippen molar-refractivity contribution in [2.45, 2.75) is 45.6 Å². The lowest BCUT2D eigenvalue weighted by atomic mass is 9.95. The number of benzene rings is 1. The molecule has 0 bridgehead atoms. The van der Waals surface area contributed by atoms with Gasteiger partial charge >= 0.3 is 0 Å². The van der Waals surface area contributed by atoms with Crippen molar-refractivity contribution in [1.82, 2.24) is 10.2 Å². The second-order valence-electron chi connectivity index (χ2n) is 6.74. The van der Waals surface area contributed by atoms with E-state index in [-0.39, 0.29) is 28.4 Å². The number of rotatable bonds is 7. The third-order valence-corrected chi connectivity index (χ3v) is 5.08. The molecule has 1 aromatic rings. The number of carbonyl (C=O) groups excluding carboxylic acids is 2.